The SMILES string of the molecule is CC(C1CC1)n1nccc1NC(=O)CC1(CN)CCCCC1. The van der Waals surface area contributed by atoms with Crippen LogP contribution in [0.3, 0.4) is 0 Å². The second-order valence-electron chi connectivity index (χ2n) is 7.23. The first kappa shape index (κ1) is 15.5. The number of carbonyl (C=O) groups excluding carboxylic acids is 1. The molecule has 22 heavy (non-hydrogen) atoms. The normalized spacial score (nSPS) is 22.3. The van der Waals surface area contributed by atoms with Gasteiger partial charge in [-0.1, -0.05) is 19.3 Å². The Kier molecular flexibility index (Phi) is 4.52. The average molecular weight is 304 g/mol. The van der Waals surface area contributed by atoms with Gasteiger partial charge in [0.05, 0.1) is 12.2 Å². The summed E-state index contributed by atoms with van der Waals surface area (Å²) in [6, 6.07) is 2.26. The maximum absolute atomic E-state index is 12.5. The first-order chi connectivity index (χ1) is 10.6. The van der Waals surface area contributed by atoms with Crippen molar-refractivity contribution in [3.63, 3.8) is 0 Å². The molecule has 5 heteroatoms. The number of hydrogen-bond donors (Lipinski definition) is 2. The highest BCUT2D eigenvalue weighted by molar-refractivity contribution is 5.90. The molecule has 2 saturated carbocycles. The minimum atomic E-state index is 0.00922. The van der Waals surface area contributed by atoms with Gasteiger partial charge in [-0.05, 0) is 50.5 Å². The highest BCUT2D eigenvalue weighted by Gasteiger charge is 2.34. The summed E-state index contributed by atoms with van der Waals surface area (Å²) in [5.74, 6) is 1.62. The Bertz CT molecular complexity index is 514. The fraction of sp³-hybridized carbons (Fsp3) is 0.765. The number of nitrogens with one attached hydrogen (secondary N) is 1. The van der Waals surface area contributed by atoms with Gasteiger partial charge in [-0.15, -0.1) is 0 Å². The van der Waals surface area contributed by atoms with Crippen molar-refractivity contribution in [2.75, 3.05) is 11.9 Å². The van der Waals surface area contributed by atoms with E-state index >= 15 is 0 Å². The van der Waals surface area contributed by atoms with E-state index in [1.165, 1.54) is 32.1 Å². The summed E-state index contributed by atoms with van der Waals surface area (Å²) < 4.78 is 1.96. The Morgan fingerprint density at radius 3 is 2.82 bits per heavy atom. The molecular weight excluding hydrogens is 276 g/mol. The molecule has 2 aliphatic carbocycles. The van der Waals surface area contributed by atoms with Crippen LogP contribution in [-0.2, 0) is 4.79 Å². The largest absolute Gasteiger partial charge is 0.330 e. The lowest BCUT2D eigenvalue weighted by Gasteiger charge is -2.35. The number of rotatable bonds is 6. The zero-order valence-electron chi connectivity index (χ0n) is 13.6. The van der Waals surface area contributed by atoms with Crippen LogP contribution in [0.1, 0.15) is 64.3 Å². The molecule has 0 saturated heterocycles. The molecule has 0 spiro atoms. The van der Waals surface area contributed by atoms with Gasteiger partial charge in [0.15, 0.2) is 0 Å². The van der Waals surface area contributed by atoms with Crippen molar-refractivity contribution in [1.29, 1.82) is 0 Å². The zero-order chi connectivity index (χ0) is 15.6. The first-order valence-electron chi connectivity index (χ1n) is 8.67. The van der Waals surface area contributed by atoms with Crippen molar-refractivity contribution >= 4 is 11.7 Å². The van der Waals surface area contributed by atoms with Gasteiger partial charge in [0.25, 0.3) is 0 Å². The van der Waals surface area contributed by atoms with Crippen LogP contribution in [0.15, 0.2) is 12.3 Å². The molecule has 1 aromatic heterocycles. The summed E-state index contributed by atoms with van der Waals surface area (Å²) in [6.07, 6.45) is 10.7. The van der Waals surface area contributed by atoms with Crippen LogP contribution in [0.25, 0.3) is 0 Å². The maximum atomic E-state index is 12.5. The third kappa shape index (κ3) is 3.35. The van der Waals surface area contributed by atoms with Crippen LogP contribution in [0.2, 0.25) is 0 Å². The number of amides is 1. The van der Waals surface area contributed by atoms with Crippen molar-refractivity contribution in [2.45, 2.75) is 64.3 Å². The molecule has 2 fully saturated rings. The Hall–Kier alpha value is -1.36. The van der Waals surface area contributed by atoms with Gasteiger partial charge in [0.2, 0.25) is 5.91 Å². The lowest BCUT2D eigenvalue weighted by Crippen LogP contribution is -2.36. The molecular formula is C17H28N4O. The molecule has 0 radical (unpaired) electrons. The van der Waals surface area contributed by atoms with Crippen molar-refractivity contribution in [1.82, 2.24) is 9.78 Å². The Morgan fingerprint density at radius 1 is 1.45 bits per heavy atom. The minimum absolute atomic E-state index is 0.00922. The van der Waals surface area contributed by atoms with E-state index < -0.39 is 0 Å². The molecule has 0 bridgehead atoms. The standard InChI is InChI=1S/C17H28N4O/c1-13(14-5-6-14)21-15(7-10-19-21)20-16(22)11-17(12-18)8-3-2-4-9-17/h7,10,13-14H,2-6,8-9,11-12,18H2,1H3,(H,20,22). The third-order valence-corrected chi connectivity index (χ3v) is 5.51. The summed E-state index contributed by atoms with van der Waals surface area (Å²) in [5.41, 5.74) is 6.00. The van der Waals surface area contributed by atoms with E-state index in [9.17, 15) is 4.79 Å². The molecule has 0 aliphatic heterocycles. The lowest BCUT2D eigenvalue weighted by molar-refractivity contribution is -0.118. The first-order valence-corrected chi connectivity index (χ1v) is 8.67. The van der Waals surface area contributed by atoms with Crippen LogP contribution in [-0.4, -0.2) is 22.2 Å². The summed E-state index contributed by atoms with van der Waals surface area (Å²) in [7, 11) is 0. The Balaban J connectivity index is 1.63. The maximum Gasteiger partial charge on any atom is 0.226 e. The van der Waals surface area contributed by atoms with Gasteiger partial charge in [-0.3, -0.25) is 4.79 Å². The summed E-state index contributed by atoms with van der Waals surface area (Å²) >= 11 is 0. The van der Waals surface area contributed by atoms with Crippen LogP contribution >= 0.6 is 0 Å². The van der Waals surface area contributed by atoms with Crippen molar-refractivity contribution in [3.8, 4) is 0 Å². The summed E-state index contributed by atoms with van der Waals surface area (Å²) in [6.45, 7) is 2.79. The molecule has 3 N–H and O–H groups in total. The Labute approximate surface area is 132 Å². The van der Waals surface area contributed by atoms with E-state index in [0.29, 0.717) is 24.9 Å². The van der Waals surface area contributed by atoms with E-state index in [-0.39, 0.29) is 11.3 Å². The molecule has 5 nitrogen and oxygen atoms in total. The number of aromatic nitrogens is 2. The summed E-state index contributed by atoms with van der Waals surface area (Å²) in [4.78, 5) is 12.5. The number of carbonyl (C=O) groups is 1. The van der Waals surface area contributed by atoms with E-state index in [0.717, 1.165) is 18.7 Å². The van der Waals surface area contributed by atoms with Crippen molar-refractivity contribution in [3.05, 3.63) is 12.3 Å². The van der Waals surface area contributed by atoms with Crippen LogP contribution < -0.4 is 11.1 Å². The van der Waals surface area contributed by atoms with Crippen molar-refractivity contribution < 1.29 is 4.79 Å². The highest BCUT2D eigenvalue weighted by atomic mass is 16.1. The highest BCUT2D eigenvalue weighted by Crippen LogP contribution is 2.41. The quantitative estimate of drug-likeness (QED) is 0.848. The van der Waals surface area contributed by atoms with E-state index in [1.807, 2.05) is 10.7 Å². The molecule has 122 valence electrons. The van der Waals surface area contributed by atoms with Gasteiger partial charge in [-0.25, -0.2) is 4.68 Å². The number of hydrogen-bond acceptors (Lipinski definition) is 3. The van der Waals surface area contributed by atoms with E-state index in [4.69, 9.17) is 5.73 Å². The minimum Gasteiger partial charge on any atom is -0.330 e. The lowest BCUT2D eigenvalue weighted by atomic mass is 9.71. The van der Waals surface area contributed by atoms with Gasteiger partial charge < -0.3 is 11.1 Å². The van der Waals surface area contributed by atoms with Crippen LogP contribution in [0.4, 0.5) is 5.82 Å². The predicted molar refractivity (Wildman–Crippen MR) is 87.5 cm³/mol. The fourth-order valence-corrected chi connectivity index (χ4v) is 3.80. The van der Waals surface area contributed by atoms with Crippen LogP contribution in [0, 0.1) is 11.3 Å². The number of nitrogens with two attached hydrogens (primary N) is 1. The van der Waals surface area contributed by atoms with Gasteiger partial charge in [0.1, 0.15) is 5.82 Å². The molecule has 3 rings (SSSR count). The number of nitrogens with zero attached hydrogens (tertiary/aromatic N) is 2. The monoisotopic (exact) mass is 304 g/mol. The van der Waals surface area contributed by atoms with Gasteiger partial charge >= 0.3 is 0 Å². The van der Waals surface area contributed by atoms with E-state index in [2.05, 4.69) is 17.3 Å². The second-order valence-corrected chi connectivity index (χ2v) is 7.23. The number of anilines is 1. The third-order valence-electron chi connectivity index (χ3n) is 5.51. The smallest absolute Gasteiger partial charge is 0.226 e. The topological polar surface area (TPSA) is 72.9 Å². The molecule has 1 heterocycles. The molecule has 2 aliphatic rings. The van der Waals surface area contributed by atoms with Crippen molar-refractivity contribution in [2.24, 2.45) is 17.1 Å². The Morgan fingerprint density at radius 2 is 2.18 bits per heavy atom. The molecule has 0 aromatic carbocycles. The van der Waals surface area contributed by atoms with Crippen LogP contribution in [0.5, 0.6) is 0 Å². The average Bonchev–Trinajstić information content (AvgIpc) is 3.28. The molecule has 1 amide bonds. The van der Waals surface area contributed by atoms with Gasteiger partial charge in [-0.2, -0.15) is 5.10 Å². The van der Waals surface area contributed by atoms with E-state index in [1.54, 1.807) is 6.20 Å². The van der Waals surface area contributed by atoms with Gasteiger partial charge in [0, 0.05) is 12.5 Å². The summed E-state index contributed by atoms with van der Waals surface area (Å²) in [5, 5.41) is 7.46. The molecule has 1 aromatic rings. The fourth-order valence-electron chi connectivity index (χ4n) is 3.80. The predicted octanol–water partition coefficient (Wildman–Crippen LogP) is 3.09. The molecule has 1 atom stereocenters. The second kappa shape index (κ2) is 6.41. The molecule has 1 unspecified atom stereocenters. The zero-order valence-corrected chi connectivity index (χ0v) is 13.6.